The molecule has 1 aromatic rings. The van der Waals surface area contributed by atoms with Gasteiger partial charge in [0.05, 0.1) is 6.20 Å². The second-order valence-corrected chi connectivity index (χ2v) is 4.43. The van der Waals surface area contributed by atoms with Crippen molar-refractivity contribution < 1.29 is 9.32 Å². The van der Waals surface area contributed by atoms with Crippen LogP contribution in [0, 0.1) is 6.92 Å². The van der Waals surface area contributed by atoms with Gasteiger partial charge in [-0.15, -0.1) is 0 Å². The normalized spacial score (nSPS) is 25.8. The molecule has 16 heavy (non-hydrogen) atoms. The van der Waals surface area contributed by atoms with Gasteiger partial charge in [0.1, 0.15) is 11.3 Å². The summed E-state index contributed by atoms with van der Waals surface area (Å²) in [5.74, 6) is 0.574. The monoisotopic (exact) mass is 223 g/mol. The van der Waals surface area contributed by atoms with E-state index in [-0.39, 0.29) is 18.0 Å². The van der Waals surface area contributed by atoms with Gasteiger partial charge < -0.3 is 15.2 Å². The Morgan fingerprint density at radius 2 is 2.44 bits per heavy atom. The predicted molar refractivity (Wildman–Crippen MR) is 58.9 cm³/mol. The molecule has 1 saturated heterocycles. The molecule has 0 spiro atoms. The summed E-state index contributed by atoms with van der Waals surface area (Å²) in [6, 6.07) is 0.396. The molecule has 1 aliphatic rings. The van der Waals surface area contributed by atoms with Gasteiger partial charge in [0.25, 0.3) is 5.91 Å². The van der Waals surface area contributed by atoms with Crippen LogP contribution in [0.4, 0.5) is 0 Å². The first-order chi connectivity index (χ1) is 7.59. The van der Waals surface area contributed by atoms with Gasteiger partial charge in [-0.1, -0.05) is 5.16 Å². The molecule has 2 heterocycles. The van der Waals surface area contributed by atoms with Crippen molar-refractivity contribution in [3.05, 3.63) is 17.5 Å². The zero-order chi connectivity index (χ0) is 11.7. The quantitative estimate of drug-likeness (QED) is 0.768. The maximum Gasteiger partial charge on any atom is 0.259 e. The van der Waals surface area contributed by atoms with Crippen LogP contribution in [0.25, 0.3) is 0 Å². The van der Waals surface area contributed by atoms with Gasteiger partial charge in [-0.05, 0) is 26.7 Å². The summed E-state index contributed by atoms with van der Waals surface area (Å²) in [5.41, 5.74) is 6.42. The third-order valence-corrected chi connectivity index (χ3v) is 3.16. The highest BCUT2D eigenvalue weighted by molar-refractivity contribution is 5.95. The molecule has 1 amide bonds. The van der Waals surface area contributed by atoms with E-state index >= 15 is 0 Å². The number of nitrogens with zero attached hydrogens (tertiary/aromatic N) is 2. The van der Waals surface area contributed by atoms with Gasteiger partial charge in [-0.2, -0.15) is 0 Å². The van der Waals surface area contributed by atoms with Crippen LogP contribution in [-0.2, 0) is 0 Å². The number of piperidine rings is 1. The number of carbonyl (C=O) groups is 1. The summed E-state index contributed by atoms with van der Waals surface area (Å²) in [6.07, 6.45) is 3.20. The van der Waals surface area contributed by atoms with Gasteiger partial charge >= 0.3 is 0 Å². The highest BCUT2D eigenvalue weighted by Crippen LogP contribution is 2.19. The lowest BCUT2D eigenvalue weighted by molar-refractivity contribution is 0.0617. The molecule has 0 aromatic carbocycles. The zero-order valence-corrected chi connectivity index (χ0v) is 9.64. The average molecular weight is 223 g/mol. The van der Waals surface area contributed by atoms with Gasteiger partial charge in [0.15, 0.2) is 0 Å². The zero-order valence-electron chi connectivity index (χ0n) is 9.64. The lowest BCUT2D eigenvalue weighted by Gasteiger charge is -2.36. The van der Waals surface area contributed by atoms with Crippen LogP contribution in [-0.4, -0.2) is 34.6 Å². The maximum atomic E-state index is 12.2. The van der Waals surface area contributed by atoms with E-state index in [9.17, 15) is 4.79 Å². The lowest BCUT2D eigenvalue weighted by Crippen LogP contribution is -2.48. The lowest BCUT2D eigenvalue weighted by atomic mass is 9.98. The van der Waals surface area contributed by atoms with Crippen LogP contribution in [0.15, 0.2) is 10.7 Å². The first kappa shape index (κ1) is 11.1. The smallest absolute Gasteiger partial charge is 0.259 e. The summed E-state index contributed by atoms with van der Waals surface area (Å²) in [6.45, 7) is 4.49. The van der Waals surface area contributed by atoms with Crippen molar-refractivity contribution in [1.82, 2.24) is 10.1 Å². The largest absolute Gasteiger partial charge is 0.361 e. The minimum absolute atomic E-state index is 0.00171. The van der Waals surface area contributed by atoms with Crippen LogP contribution in [0.5, 0.6) is 0 Å². The number of carbonyl (C=O) groups excluding carboxylic acids is 1. The van der Waals surface area contributed by atoms with Crippen LogP contribution >= 0.6 is 0 Å². The Balaban J connectivity index is 2.14. The molecule has 0 bridgehead atoms. The number of aryl methyl sites for hydroxylation is 1. The Bertz CT molecular complexity index is 388. The number of likely N-dealkylation sites (tertiary alicyclic amines) is 1. The number of amides is 1. The molecule has 2 unspecified atom stereocenters. The standard InChI is InChI=1S/C11H17N3O2/c1-7-5-9(12)3-4-14(7)11(15)10-6-13-16-8(10)2/h6-7,9H,3-5,12H2,1-2H3. The third-order valence-electron chi connectivity index (χ3n) is 3.16. The molecule has 0 aliphatic carbocycles. The van der Waals surface area contributed by atoms with Crippen LogP contribution in [0.3, 0.4) is 0 Å². The van der Waals surface area contributed by atoms with Gasteiger partial charge in [0, 0.05) is 18.6 Å². The molecule has 2 atom stereocenters. The van der Waals surface area contributed by atoms with Crippen LogP contribution in [0.2, 0.25) is 0 Å². The highest BCUT2D eigenvalue weighted by atomic mass is 16.5. The van der Waals surface area contributed by atoms with Crippen molar-refractivity contribution in [3.63, 3.8) is 0 Å². The molecule has 0 saturated carbocycles. The first-order valence-electron chi connectivity index (χ1n) is 5.57. The molecule has 5 nitrogen and oxygen atoms in total. The summed E-state index contributed by atoms with van der Waals surface area (Å²) in [5, 5.41) is 3.63. The highest BCUT2D eigenvalue weighted by Gasteiger charge is 2.29. The Kier molecular flexibility index (Phi) is 2.96. The fourth-order valence-corrected chi connectivity index (χ4v) is 2.17. The topological polar surface area (TPSA) is 72.4 Å². The second-order valence-electron chi connectivity index (χ2n) is 4.43. The Morgan fingerprint density at radius 1 is 1.69 bits per heavy atom. The first-order valence-corrected chi connectivity index (χ1v) is 5.57. The molecule has 1 fully saturated rings. The van der Waals surface area contributed by atoms with Crippen molar-refractivity contribution in [2.75, 3.05) is 6.54 Å². The van der Waals surface area contributed by atoms with E-state index in [1.807, 2.05) is 11.8 Å². The van der Waals surface area contributed by atoms with Gasteiger partial charge in [-0.3, -0.25) is 4.79 Å². The molecular weight excluding hydrogens is 206 g/mol. The summed E-state index contributed by atoms with van der Waals surface area (Å²) in [7, 11) is 0. The van der Waals surface area contributed by atoms with E-state index in [0.717, 1.165) is 12.8 Å². The van der Waals surface area contributed by atoms with Crippen molar-refractivity contribution in [2.45, 2.75) is 38.8 Å². The van der Waals surface area contributed by atoms with E-state index in [0.29, 0.717) is 17.9 Å². The molecule has 0 radical (unpaired) electrons. The van der Waals surface area contributed by atoms with E-state index in [2.05, 4.69) is 5.16 Å². The SMILES string of the molecule is Cc1oncc1C(=O)N1CCC(N)CC1C. The van der Waals surface area contributed by atoms with Crippen molar-refractivity contribution >= 4 is 5.91 Å². The second kappa shape index (κ2) is 4.25. The molecule has 2 N–H and O–H groups in total. The molecule has 88 valence electrons. The number of rotatable bonds is 1. The maximum absolute atomic E-state index is 12.2. The predicted octanol–water partition coefficient (Wildman–Crippen LogP) is 0.935. The summed E-state index contributed by atoms with van der Waals surface area (Å²) >= 11 is 0. The molecule has 5 heteroatoms. The van der Waals surface area contributed by atoms with Crippen molar-refractivity contribution in [3.8, 4) is 0 Å². The number of aromatic nitrogens is 1. The van der Waals surface area contributed by atoms with Crippen LogP contribution in [0.1, 0.15) is 35.9 Å². The number of hydrogen-bond acceptors (Lipinski definition) is 4. The molecular formula is C11H17N3O2. The Hall–Kier alpha value is -1.36. The van der Waals surface area contributed by atoms with E-state index in [4.69, 9.17) is 10.3 Å². The molecule has 1 aromatic heterocycles. The molecule has 2 rings (SSSR count). The van der Waals surface area contributed by atoms with Crippen LogP contribution < -0.4 is 5.73 Å². The third kappa shape index (κ3) is 1.95. The van der Waals surface area contributed by atoms with Crippen molar-refractivity contribution in [1.29, 1.82) is 0 Å². The Morgan fingerprint density at radius 3 is 3.00 bits per heavy atom. The van der Waals surface area contributed by atoms with E-state index in [1.165, 1.54) is 6.20 Å². The van der Waals surface area contributed by atoms with E-state index < -0.39 is 0 Å². The van der Waals surface area contributed by atoms with Crippen molar-refractivity contribution in [2.24, 2.45) is 5.73 Å². The fraction of sp³-hybridized carbons (Fsp3) is 0.636. The minimum Gasteiger partial charge on any atom is -0.361 e. The fourth-order valence-electron chi connectivity index (χ4n) is 2.17. The number of nitrogens with two attached hydrogens (primary N) is 1. The Labute approximate surface area is 94.6 Å². The minimum atomic E-state index is -0.00171. The number of hydrogen-bond donors (Lipinski definition) is 1. The van der Waals surface area contributed by atoms with Gasteiger partial charge in [0.2, 0.25) is 0 Å². The van der Waals surface area contributed by atoms with Gasteiger partial charge in [-0.25, -0.2) is 0 Å². The average Bonchev–Trinajstić information content (AvgIpc) is 2.63. The summed E-state index contributed by atoms with van der Waals surface area (Å²) < 4.78 is 4.91. The van der Waals surface area contributed by atoms with E-state index in [1.54, 1.807) is 6.92 Å². The summed E-state index contributed by atoms with van der Waals surface area (Å²) in [4.78, 5) is 14.0. The molecule has 1 aliphatic heterocycles.